The molecule has 176 valence electrons. The standard InChI is InChI=1S/C24H32N2O2.C2H6.CH2O/c1-23-9-8-21-18(5-4-16-13-26-22(27)11-24(16,21)2)20(23)7-6-19(23)15-10-17(28-3)14-25-12-15;2*1-2/h6,10,12,14,16,18,20-21H,4-5,7-9,11,13H2,1-3H3,(H,26,27);1-2H3;1H2. The van der Waals surface area contributed by atoms with Crippen molar-refractivity contribution in [1.29, 1.82) is 0 Å². The Bertz CT molecular complexity index is 853. The third-order valence-corrected chi connectivity index (χ3v) is 8.99. The number of amides is 1. The van der Waals surface area contributed by atoms with Crippen molar-refractivity contribution in [3.05, 3.63) is 30.1 Å². The fourth-order valence-corrected chi connectivity index (χ4v) is 7.48. The molecule has 3 fully saturated rings. The van der Waals surface area contributed by atoms with Gasteiger partial charge < -0.3 is 14.8 Å². The first kappa shape index (κ1) is 24.5. The Morgan fingerprint density at radius 3 is 2.59 bits per heavy atom. The summed E-state index contributed by atoms with van der Waals surface area (Å²) >= 11 is 0. The summed E-state index contributed by atoms with van der Waals surface area (Å²) in [6.07, 6.45) is 13.2. The second kappa shape index (κ2) is 9.76. The molecule has 2 heterocycles. The van der Waals surface area contributed by atoms with E-state index in [2.05, 4.69) is 36.3 Å². The molecule has 6 atom stereocenters. The highest BCUT2D eigenvalue weighted by Crippen LogP contribution is 2.66. The summed E-state index contributed by atoms with van der Waals surface area (Å²) in [6.45, 7) is 11.8. The normalized spacial score (nSPS) is 37.0. The van der Waals surface area contributed by atoms with E-state index >= 15 is 0 Å². The predicted molar refractivity (Wildman–Crippen MR) is 128 cm³/mol. The lowest BCUT2D eigenvalue weighted by atomic mass is 9.46. The van der Waals surface area contributed by atoms with Crippen LogP contribution in [0.15, 0.2) is 24.5 Å². The fourth-order valence-electron chi connectivity index (χ4n) is 7.48. The SMILES string of the molecule is C=O.CC.COc1cncc(C2=CCC3C4CCC5CNC(=O)CC5(C)C4CCC23C)c1. The number of piperidine rings is 1. The van der Waals surface area contributed by atoms with Gasteiger partial charge in [0.25, 0.3) is 0 Å². The van der Waals surface area contributed by atoms with Crippen LogP contribution in [0.3, 0.4) is 0 Å². The summed E-state index contributed by atoms with van der Waals surface area (Å²) in [4.78, 5) is 24.7. The Kier molecular flexibility index (Phi) is 7.46. The number of carbonyl (C=O) groups is 2. The molecule has 0 spiro atoms. The third-order valence-electron chi connectivity index (χ3n) is 8.99. The van der Waals surface area contributed by atoms with Gasteiger partial charge in [0.2, 0.25) is 5.91 Å². The summed E-state index contributed by atoms with van der Waals surface area (Å²) < 4.78 is 5.42. The van der Waals surface area contributed by atoms with Crippen LogP contribution in [0.1, 0.15) is 71.8 Å². The summed E-state index contributed by atoms with van der Waals surface area (Å²) in [6, 6.07) is 2.14. The lowest BCUT2D eigenvalue weighted by molar-refractivity contribution is -0.139. The number of hydrogen-bond acceptors (Lipinski definition) is 4. The molecular weight excluding hydrogens is 400 g/mol. The van der Waals surface area contributed by atoms with Crippen molar-refractivity contribution >= 4 is 18.3 Å². The molecule has 6 unspecified atom stereocenters. The molecule has 1 N–H and O–H groups in total. The van der Waals surface area contributed by atoms with Gasteiger partial charge in [0, 0.05) is 19.2 Å². The minimum Gasteiger partial charge on any atom is -0.495 e. The molecule has 1 amide bonds. The lowest BCUT2D eigenvalue weighted by Crippen LogP contribution is -2.57. The van der Waals surface area contributed by atoms with E-state index in [0.29, 0.717) is 17.8 Å². The van der Waals surface area contributed by atoms with E-state index in [4.69, 9.17) is 9.53 Å². The average molecular weight is 441 g/mol. The van der Waals surface area contributed by atoms with Crippen LogP contribution < -0.4 is 10.1 Å². The molecule has 1 aliphatic heterocycles. The fraction of sp³-hybridized carbons (Fsp3) is 0.667. The quantitative estimate of drug-likeness (QED) is 0.677. The van der Waals surface area contributed by atoms with Gasteiger partial charge in [-0.25, -0.2) is 0 Å². The van der Waals surface area contributed by atoms with Gasteiger partial charge in [-0.05, 0) is 83.8 Å². The molecule has 0 bridgehead atoms. The minimum absolute atomic E-state index is 0.187. The number of aromatic nitrogens is 1. The average Bonchev–Trinajstić information content (AvgIpc) is 3.18. The van der Waals surface area contributed by atoms with Gasteiger partial charge in [0.1, 0.15) is 12.5 Å². The molecule has 1 saturated heterocycles. The molecule has 1 aromatic heterocycles. The van der Waals surface area contributed by atoms with Crippen molar-refractivity contribution in [3.8, 4) is 5.75 Å². The zero-order chi connectivity index (χ0) is 23.5. The first-order chi connectivity index (χ1) is 15.5. The monoisotopic (exact) mass is 440 g/mol. The summed E-state index contributed by atoms with van der Waals surface area (Å²) in [5.74, 6) is 3.87. The van der Waals surface area contributed by atoms with Crippen LogP contribution in [0.25, 0.3) is 5.57 Å². The number of nitrogens with zero attached hydrogens (tertiary/aromatic N) is 1. The van der Waals surface area contributed by atoms with Gasteiger partial charge in [-0.1, -0.05) is 33.8 Å². The number of nitrogens with one attached hydrogen (secondary N) is 1. The van der Waals surface area contributed by atoms with Gasteiger partial charge >= 0.3 is 0 Å². The largest absolute Gasteiger partial charge is 0.495 e. The van der Waals surface area contributed by atoms with Gasteiger partial charge in [-0.15, -0.1) is 0 Å². The highest BCUT2D eigenvalue weighted by Gasteiger charge is 2.59. The first-order valence-electron chi connectivity index (χ1n) is 12.2. The van der Waals surface area contributed by atoms with E-state index in [0.717, 1.165) is 31.1 Å². The summed E-state index contributed by atoms with van der Waals surface area (Å²) in [5.41, 5.74) is 3.10. The van der Waals surface area contributed by atoms with E-state index in [-0.39, 0.29) is 16.7 Å². The number of methoxy groups -OCH3 is 1. The van der Waals surface area contributed by atoms with Crippen molar-refractivity contribution in [3.63, 3.8) is 0 Å². The van der Waals surface area contributed by atoms with Crippen LogP contribution in [-0.4, -0.2) is 31.3 Å². The zero-order valence-corrected chi connectivity index (χ0v) is 20.4. The van der Waals surface area contributed by atoms with Crippen molar-refractivity contribution in [1.82, 2.24) is 10.3 Å². The Morgan fingerprint density at radius 1 is 1.12 bits per heavy atom. The van der Waals surface area contributed by atoms with Gasteiger partial charge in [-0.3, -0.25) is 9.78 Å². The molecule has 2 saturated carbocycles. The molecule has 0 aromatic carbocycles. The van der Waals surface area contributed by atoms with E-state index < -0.39 is 0 Å². The minimum atomic E-state index is 0.187. The van der Waals surface area contributed by atoms with E-state index in [9.17, 15) is 4.79 Å². The number of fused-ring (bicyclic) bond motifs is 5. The Morgan fingerprint density at radius 2 is 1.88 bits per heavy atom. The van der Waals surface area contributed by atoms with Crippen LogP contribution in [0, 0.1) is 34.5 Å². The van der Waals surface area contributed by atoms with Crippen LogP contribution in [-0.2, 0) is 9.59 Å². The second-order valence-electron chi connectivity index (χ2n) is 10.1. The maximum Gasteiger partial charge on any atom is 0.220 e. The van der Waals surface area contributed by atoms with Gasteiger partial charge in [0.05, 0.1) is 13.3 Å². The number of rotatable bonds is 2. The lowest BCUT2D eigenvalue weighted by Gasteiger charge is -2.59. The van der Waals surface area contributed by atoms with Crippen LogP contribution >= 0.6 is 0 Å². The Labute approximate surface area is 193 Å². The molecule has 3 aliphatic carbocycles. The molecule has 32 heavy (non-hydrogen) atoms. The maximum absolute atomic E-state index is 12.2. The smallest absolute Gasteiger partial charge is 0.220 e. The second-order valence-corrected chi connectivity index (χ2v) is 10.1. The highest BCUT2D eigenvalue weighted by atomic mass is 16.5. The number of carbonyl (C=O) groups excluding carboxylic acids is 2. The molecular formula is C27H40N2O3. The Balaban J connectivity index is 0.000000686. The molecule has 5 heteroatoms. The highest BCUT2D eigenvalue weighted by molar-refractivity contribution is 5.78. The van der Waals surface area contributed by atoms with E-state index in [1.54, 1.807) is 13.3 Å². The zero-order valence-electron chi connectivity index (χ0n) is 20.4. The van der Waals surface area contributed by atoms with Crippen LogP contribution in [0.4, 0.5) is 0 Å². The van der Waals surface area contributed by atoms with Gasteiger partial charge in [0.15, 0.2) is 0 Å². The molecule has 1 aromatic rings. The van der Waals surface area contributed by atoms with Crippen LogP contribution in [0.5, 0.6) is 5.75 Å². The third kappa shape index (κ3) is 3.88. The van der Waals surface area contributed by atoms with Crippen molar-refractivity contribution < 1.29 is 14.3 Å². The maximum atomic E-state index is 12.2. The van der Waals surface area contributed by atoms with E-state index in [1.165, 1.54) is 36.8 Å². The molecule has 0 radical (unpaired) electrons. The predicted octanol–water partition coefficient (Wildman–Crippen LogP) is 5.30. The summed E-state index contributed by atoms with van der Waals surface area (Å²) in [5, 5.41) is 3.13. The van der Waals surface area contributed by atoms with E-state index in [1.807, 2.05) is 26.8 Å². The molecule has 5 rings (SSSR count). The van der Waals surface area contributed by atoms with Crippen LogP contribution in [0.2, 0.25) is 0 Å². The first-order valence-corrected chi connectivity index (χ1v) is 12.2. The number of allylic oxidation sites excluding steroid dienone is 2. The number of ether oxygens (including phenoxy) is 1. The number of hydrogen-bond donors (Lipinski definition) is 1. The topological polar surface area (TPSA) is 68.3 Å². The van der Waals surface area contributed by atoms with Crippen molar-refractivity contribution in [2.45, 2.75) is 66.2 Å². The van der Waals surface area contributed by atoms with Gasteiger partial charge in [-0.2, -0.15) is 0 Å². The number of pyridine rings is 1. The summed E-state index contributed by atoms with van der Waals surface area (Å²) in [7, 11) is 1.71. The van der Waals surface area contributed by atoms with Crippen molar-refractivity contribution in [2.75, 3.05) is 13.7 Å². The Hall–Kier alpha value is -2.17. The molecule has 5 nitrogen and oxygen atoms in total. The molecule has 4 aliphatic rings. The van der Waals surface area contributed by atoms with Crippen molar-refractivity contribution in [2.24, 2.45) is 34.5 Å².